The number of halogens is 1. The average molecular weight is 329 g/mol. The van der Waals surface area contributed by atoms with Gasteiger partial charge in [0.15, 0.2) is 11.6 Å². The monoisotopic (exact) mass is 328 g/mol. The zero-order chi connectivity index (χ0) is 14.1. The SMILES string of the molecule is Cn1nc(-c2ccccc2)nc1-c1cccc(Br)c1N. The van der Waals surface area contributed by atoms with Gasteiger partial charge in [-0.15, -0.1) is 0 Å². The highest BCUT2D eigenvalue weighted by Gasteiger charge is 2.14. The Labute approximate surface area is 125 Å². The summed E-state index contributed by atoms with van der Waals surface area (Å²) in [6.07, 6.45) is 0. The quantitative estimate of drug-likeness (QED) is 0.732. The van der Waals surface area contributed by atoms with Gasteiger partial charge in [-0.2, -0.15) is 5.10 Å². The fraction of sp³-hybridized carbons (Fsp3) is 0.0667. The Balaban J connectivity index is 2.12. The molecule has 0 fully saturated rings. The highest BCUT2D eigenvalue weighted by Crippen LogP contribution is 2.31. The molecule has 0 amide bonds. The second-order valence-electron chi connectivity index (χ2n) is 4.45. The predicted molar refractivity (Wildman–Crippen MR) is 84.0 cm³/mol. The zero-order valence-electron chi connectivity index (χ0n) is 10.9. The van der Waals surface area contributed by atoms with E-state index in [2.05, 4.69) is 26.0 Å². The molecule has 0 aliphatic rings. The Morgan fingerprint density at radius 2 is 1.80 bits per heavy atom. The number of hydrogen-bond donors (Lipinski definition) is 1. The summed E-state index contributed by atoms with van der Waals surface area (Å²) in [4.78, 5) is 4.60. The number of nitrogen functional groups attached to an aromatic ring is 1. The fourth-order valence-electron chi connectivity index (χ4n) is 2.06. The molecule has 20 heavy (non-hydrogen) atoms. The van der Waals surface area contributed by atoms with E-state index in [9.17, 15) is 0 Å². The van der Waals surface area contributed by atoms with Crippen molar-refractivity contribution in [3.63, 3.8) is 0 Å². The molecular formula is C15H13BrN4. The summed E-state index contributed by atoms with van der Waals surface area (Å²) in [5, 5.41) is 4.46. The fourth-order valence-corrected chi connectivity index (χ4v) is 2.43. The molecule has 0 aliphatic heterocycles. The van der Waals surface area contributed by atoms with E-state index >= 15 is 0 Å². The van der Waals surface area contributed by atoms with Crippen molar-refractivity contribution in [1.82, 2.24) is 14.8 Å². The molecule has 0 radical (unpaired) electrons. The lowest BCUT2D eigenvalue weighted by atomic mass is 10.1. The van der Waals surface area contributed by atoms with Crippen molar-refractivity contribution in [2.45, 2.75) is 0 Å². The van der Waals surface area contributed by atoms with Gasteiger partial charge < -0.3 is 5.73 Å². The molecule has 0 aliphatic carbocycles. The Kier molecular flexibility index (Phi) is 3.28. The van der Waals surface area contributed by atoms with Crippen LogP contribution in [-0.4, -0.2) is 14.8 Å². The number of nitrogens with two attached hydrogens (primary N) is 1. The maximum atomic E-state index is 6.10. The molecule has 4 nitrogen and oxygen atoms in total. The van der Waals surface area contributed by atoms with E-state index in [1.807, 2.05) is 55.6 Å². The highest BCUT2D eigenvalue weighted by molar-refractivity contribution is 9.10. The minimum absolute atomic E-state index is 0.669. The van der Waals surface area contributed by atoms with Gasteiger partial charge >= 0.3 is 0 Å². The standard InChI is InChI=1S/C15H13BrN4/c1-20-15(11-8-5-9-12(16)13(11)17)18-14(19-20)10-6-3-2-4-7-10/h2-9H,17H2,1H3. The van der Waals surface area contributed by atoms with Crippen molar-refractivity contribution >= 4 is 21.6 Å². The lowest BCUT2D eigenvalue weighted by molar-refractivity contribution is 0.777. The highest BCUT2D eigenvalue weighted by atomic mass is 79.9. The van der Waals surface area contributed by atoms with Gasteiger partial charge in [-0.3, -0.25) is 0 Å². The smallest absolute Gasteiger partial charge is 0.181 e. The predicted octanol–water partition coefficient (Wildman–Crippen LogP) is 3.49. The van der Waals surface area contributed by atoms with Crippen molar-refractivity contribution in [2.24, 2.45) is 7.05 Å². The summed E-state index contributed by atoms with van der Waals surface area (Å²) in [5.41, 5.74) is 8.63. The first-order valence-corrected chi connectivity index (χ1v) is 6.97. The van der Waals surface area contributed by atoms with Crippen LogP contribution in [0.15, 0.2) is 53.0 Å². The van der Waals surface area contributed by atoms with Gasteiger partial charge in [0.05, 0.1) is 5.69 Å². The van der Waals surface area contributed by atoms with Crippen LogP contribution in [-0.2, 0) is 7.05 Å². The first-order chi connectivity index (χ1) is 9.66. The second-order valence-corrected chi connectivity index (χ2v) is 5.30. The second kappa shape index (κ2) is 5.09. The van der Waals surface area contributed by atoms with Crippen LogP contribution >= 0.6 is 15.9 Å². The maximum Gasteiger partial charge on any atom is 0.181 e. The molecule has 2 aromatic carbocycles. The number of para-hydroxylation sites is 1. The molecule has 0 saturated carbocycles. The average Bonchev–Trinajstić information content (AvgIpc) is 2.85. The first-order valence-electron chi connectivity index (χ1n) is 6.17. The summed E-state index contributed by atoms with van der Waals surface area (Å²) < 4.78 is 2.61. The Morgan fingerprint density at radius 3 is 2.55 bits per heavy atom. The van der Waals surface area contributed by atoms with Crippen molar-refractivity contribution in [3.8, 4) is 22.8 Å². The zero-order valence-corrected chi connectivity index (χ0v) is 12.5. The molecule has 0 spiro atoms. The van der Waals surface area contributed by atoms with E-state index in [-0.39, 0.29) is 0 Å². The lowest BCUT2D eigenvalue weighted by Crippen LogP contribution is -1.98. The number of aromatic nitrogens is 3. The van der Waals surface area contributed by atoms with Gasteiger partial charge in [0.2, 0.25) is 0 Å². The lowest BCUT2D eigenvalue weighted by Gasteiger charge is -2.05. The number of anilines is 1. The van der Waals surface area contributed by atoms with E-state index in [4.69, 9.17) is 5.73 Å². The van der Waals surface area contributed by atoms with Crippen molar-refractivity contribution in [1.29, 1.82) is 0 Å². The van der Waals surface area contributed by atoms with E-state index in [1.54, 1.807) is 4.68 Å². The molecule has 1 heterocycles. The molecule has 0 bridgehead atoms. The molecule has 2 N–H and O–H groups in total. The van der Waals surface area contributed by atoms with E-state index in [1.165, 1.54) is 0 Å². The molecule has 5 heteroatoms. The van der Waals surface area contributed by atoms with Crippen LogP contribution in [0.1, 0.15) is 0 Å². The summed E-state index contributed by atoms with van der Waals surface area (Å²) in [6.45, 7) is 0. The third-order valence-electron chi connectivity index (χ3n) is 3.09. The summed E-state index contributed by atoms with van der Waals surface area (Å²) in [7, 11) is 1.87. The van der Waals surface area contributed by atoms with Gasteiger partial charge in [0.25, 0.3) is 0 Å². The molecule has 0 atom stereocenters. The van der Waals surface area contributed by atoms with E-state index < -0.39 is 0 Å². The van der Waals surface area contributed by atoms with E-state index in [0.29, 0.717) is 11.5 Å². The molecule has 100 valence electrons. The minimum atomic E-state index is 0.669. The van der Waals surface area contributed by atoms with Crippen LogP contribution in [0.5, 0.6) is 0 Å². The first kappa shape index (κ1) is 12.9. The van der Waals surface area contributed by atoms with E-state index in [0.717, 1.165) is 21.4 Å². The molecule has 0 unspecified atom stereocenters. The Bertz CT molecular complexity index is 750. The van der Waals surface area contributed by atoms with Crippen molar-refractivity contribution in [3.05, 3.63) is 53.0 Å². The summed E-state index contributed by atoms with van der Waals surface area (Å²) >= 11 is 3.44. The third-order valence-corrected chi connectivity index (χ3v) is 3.78. The van der Waals surface area contributed by atoms with Crippen LogP contribution in [0.2, 0.25) is 0 Å². The van der Waals surface area contributed by atoms with Crippen molar-refractivity contribution in [2.75, 3.05) is 5.73 Å². The number of rotatable bonds is 2. The molecule has 3 rings (SSSR count). The number of aryl methyl sites for hydroxylation is 1. The third kappa shape index (κ3) is 2.20. The molecular weight excluding hydrogens is 316 g/mol. The van der Waals surface area contributed by atoms with Crippen LogP contribution in [0.25, 0.3) is 22.8 Å². The van der Waals surface area contributed by atoms with Crippen LogP contribution in [0, 0.1) is 0 Å². The van der Waals surface area contributed by atoms with Crippen molar-refractivity contribution < 1.29 is 0 Å². The van der Waals surface area contributed by atoms with Gasteiger partial charge in [0.1, 0.15) is 0 Å². The van der Waals surface area contributed by atoms with Crippen LogP contribution in [0.4, 0.5) is 5.69 Å². The Morgan fingerprint density at radius 1 is 1.05 bits per heavy atom. The summed E-state index contributed by atoms with van der Waals surface area (Å²) in [5.74, 6) is 1.45. The Hall–Kier alpha value is -2.14. The molecule has 0 saturated heterocycles. The molecule has 3 aromatic rings. The van der Waals surface area contributed by atoms with Gasteiger partial charge in [-0.25, -0.2) is 9.67 Å². The number of benzene rings is 2. The van der Waals surface area contributed by atoms with Crippen LogP contribution < -0.4 is 5.73 Å². The van der Waals surface area contributed by atoms with Gasteiger partial charge in [-0.1, -0.05) is 36.4 Å². The largest absolute Gasteiger partial charge is 0.397 e. The van der Waals surface area contributed by atoms with Gasteiger partial charge in [-0.05, 0) is 28.1 Å². The minimum Gasteiger partial charge on any atom is -0.397 e. The maximum absolute atomic E-state index is 6.10. The molecule has 1 aromatic heterocycles. The van der Waals surface area contributed by atoms with Gasteiger partial charge in [0, 0.05) is 22.6 Å². The number of hydrogen-bond acceptors (Lipinski definition) is 3. The topological polar surface area (TPSA) is 56.7 Å². The summed E-state index contributed by atoms with van der Waals surface area (Å²) in [6, 6.07) is 15.7. The normalized spacial score (nSPS) is 10.7. The van der Waals surface area contributed by atoms with Crippen LogP contribution in [0.3, 0.4) is 0 Å². The number of nitrogens with zero attached hydrogens (tertiary/aromatic N) is 3.